The van der Waals surface area contributed by atoms with Gasteiger partial charge in [-0.2, -0.15) is 0 Å². The molecule has 2 aromatic rings. The van der Waals surface area contributed by atoms with Crippen molar-refractivity contribution >= 4 is 59.2 Å². The van der Waals surface area contributed by atoms with Crippen molar-refractivity contribution in [1.29, 1.82) is 0 Å². The molecule has 5 N–H and O–H groups in total. The highest BCUT2D eigenvalue weighted by Gasteiger charge is 2.45. The molecule has 2 unspecified atom stereocenters. The van der Waals surface area contributed by atoms with Crippen molar-refractivity contribution in [2.24, 2.45) is 5.73 Å². The minimum atomic E-state index is -0.828. The van der Waals surface area contributed by atoms with Gasteiger partial charge in [-0.25, -0.2) is 4.79 Å². The average Bonchev–Trinajstić information content (AvgIpc) is 3.54. The summed E-state index contributed by atoms with van der Waals surface area (Å²) in [6, 6.07) is 13.6. The van der Waals surface area contributed by atoms with E-state index < -0.39 is 41.8 Å². The lowest BCUT2D eigenvalue weighted by molar-refractivity contribution is -0.146. The van der Waals surface area contributed by atoms with Crippen molar-refractivity contribution in [2.45, 2.75) is 176 Å². The summed E-state index contributed by atoms with van der Waals surface area (Å²) in [5.41, 5.74) is 10.4. The monoisotopic (exact) mass is 931 g/mol. The van der Waals surface area contributed by atoms with E-state index in [0.29, 0.717) is 25.0 Å². The first kappa shape index (κ1) is 48.6. The number of likely N-dealkylation sites (N-methyl/N-ethyl adjacent to an activating group) is 1. The second kappa shape index (κ2) is 21.6. The lowest BCUT2D eigenvalue weighted by atomic mass is 9.87. The number of nitrogens with zero attached hydrogens (tertiary/aromatic N) is 3. The van der Waals surface area contributed by atoms with Gasteiger partial charge >= 0.3 is 6.09 Å². The molecule has 4 heterocycles. The third-order valence-electron chi connectivity index (χ3n) is 13.7. The third-order valence-corrected chi connectivity index (χ3v) is 16.3. The van der Waals surface area contributed by atoms with E-state index in [1.54, 1.807) is 61.0 Å². The van der Waals surface area contributed by atoms with Crippen LogP contribution in [0.4, 0.5) is 4.79 Å². The van der Waals surface area contributed by atoms with Crippen LogP contribution in [-0.2, 0) is 41.6 Å². The van der Waals surface area contributed by atoms with Gasteiger partial charge in [0.2, 0.25) is 29.5 Å². The molecule has 6 amide bonds. The van der Waals surface area contributed by atoms with E-state index in [4.69, 9.17) is 10.5 Å². The van der Waals surface area contributed by atoms with Crippen molar-refractivity contribution < 1.29 is 33.5 Å². The van der Waals surface area contributed by atoms with Gasteiger partial charge in [0.15, 0.2) is 0 Å². The number of hydrogen-bond donors (Lipinski definition) is 4. The Balaban J connectivity index is 0.000000209. The van der Waals surface area contributed by atoms with E-state index in [0.717, 1.165) is 81.9 Å². The molecule has 354 valence electrons. The first-order valence-electron chi connectivity index (χ1n) is 23.8. The molecule has 4 saturated heterocycles. The zero-order valence-electron chi connectivity index (χ0n) is 38.7. The highest BCUT2D eigenvalue weighted by atomic mass is 32.2. The summed E-state index contributed by atoms with van der Waals surface area (Å²) in [5.74, 6) is 0.733. The van der Waals surface area contributed by atoms with Crippen molar-refractivity contribution in [1.82, 2.24) is 30.7 Å². The number of benzene rings is 2. The molecule has 0 bridgehead atoms. The molecule has 2 aromatic carbocycles. The van der Waals surface area contributed by atoms with Crippen molar-refractivity contribution in [3.05, 3.63) is 70.8 Å². The SMILES string of the molecule is C[C@@H](C(=O)N[C@H]1CCS[C@H]2CCCC(C(=O)N[C@@H]3CCCc4ccccc43)N2C1=O)N(C)C(=O)OC(C)(C)C.N[C@H]1CCS[C@H]2CCCC(C(=O)N[C@@H]3CCCc4ccccc43)N2C1=O. The fourth-order valence-corrected chi connectivity index (χ4v) is 12.9. The molecule has 6 aliphatic rings. The summed E-state index contributed by atoms with van der Waals surface area (Å²) in [6.07, 6.45) is 11.5. The van der Waals surface area contributed by atoms with Crippen LogP contribution in [0.1, 0.15) is 139 Å². The molecular formula is C49H69N7O7S2. The molecule has 16 heteroatoms. The number of thioether (sulfide) groups is 2. The lowest BCUT2D eigenvalue weighted by Crippen LogP contribution is -2.60. The molecule has 2 aliphatic carbocycles. The van der Waals surface area contributed by atoms with Crippen LogP contribution >= 0.6 is 23.5 Å². The molecule has 4 fully saturated rings. The predicted molar refractivity (Wildman–Crippen MR) is 255 cm³/mol. The Morgan fingerprint density at radius 2 is 1.17 bits per heavy atom. The fourth-order valence-electron chi connectivity index (χ4n) is 10.1. The Hall–Kier alpha value is -4.28. The molecule has 9 atom stereocenters. The summed E-state index contributed by atoms with van der Waals surface area (Å²) in [5, 5.41) is 9.37. The number of fused-ring (bicyclic) bond motifs is 4. The Labute approximate surface area is 393 Å². The van der Waals surface area contributed by atoms with Gasteiger partial charge in [0.1, 0.15) is 29.8 Å². The second-order valence-electron chi connectivity index (χ2n) is 19.4. The number of amides is 6. The second-order valence-corrected chi connectivity index (χ2v) is 21.9. The molecule has 0 radical (unpaired) electrons. The first-order valence-corrected chi connectivity index (χ1v) is 25.9. The van der Waals surface area contributed by atoms with E-state index in [9.17, 15) is 28.8 Å². The first-order chi connectivity index (χ1) is 31.1. The van der Waals surface area contributed by atoms with Crippen molar-refractivity contribution in [3.8, 4) is 0 Å². The largest absolute Gasteiger partial charge is 0.444 e. The Morgan fingerprint density at radius 3 is 1.69 bits per heavy atom. The molecule has 0 aromatic heterocycles. The summed E-state index contributed by atoms with van der Waals surface area (Å²) in [6.45, 7) is 6.90. The van der Waals surface area contributed by atoms with Crippen LogP contribution in [0.25, 0.3) is 0 Å². The quantitative estimate of drug-likeness (QED) is 0.253. The standard InChI is InChI=1S/C29H42N4O5S.C20H27N3O2S/c1-18(32(5)28(37)38-29(2,3)4)25(34)31-22-16-17-39-24-15-9-14-23(33(24)27(22)36)26(35)30-21-13-8-11-19-10-6-7-12-20(19)21;21-15-11-12-26-18-10-4-9-17(23(18)20(15)25)19(24)22-16-8-3-6-13-5-1-2-7-14(13)16/h6-7,10,12,18,21-24H,8-9,11,13-17H2,1-5H3,(H,30,35)(H,31,34);1-2,5,7,15-18H,3-4,6,8-12,21H2,(H,22,24)/t18-,21+,22-,23?,24-;15-,16+,17?,18-/m00/s1. The molecule has 4 aliphatic heterocycles. The van der Waals surface area contributed by atoms with E-state index in [-0.39, 0.29) is 52.5 Å². The van der Waals surface area contributed by atoms with E-state index in [2.05, 4.69) is 46.3 Å². The number of ether oxygens (including phenoxy) is 1. The van der Waals surface area contributed by atoms with E-state index in [1.807, 2.05) is 18.2 Å². The molecule has 65 heavy (non-hydrogen) atoms. The molecular weight excluding hydrogens is 863 g/mol. The lowest BCUT2D eigenvalue weighted by Gasteiger charge is -2.41. The fraction of sp³-hybridized carbons (Fsp3) is 0.633. The number of carbonyl (C=O) groups excluding carboxylic acids is 6. The van der Waals surface area contributed by atoms with E-state index >= 15 is 0 Å². The summed E-state index contributed by atoms with van der Waals surface area (Å²) in [7, 11) is 1.51. The minimum absolute atomic E-state index is 0.0144. The van der Waals surface area contributed by atoms with Crippen LogP contribution in [-0.4, -0.2) is 115 Å². The molecule has 14 nitrogen and oxygen atoms in total. The number of aryl methyl sites for hydroxylation is 2. The van der Waals surface area contributed by atoms with Gasteiger partial charge in [0.05, 0.1) is 28.9 Å². The third kappa shape index (κ3) is 11.6. The highest BCUT2D eigenvalue weighted by molar-refractivity contribution is 8.00. The molecule has 0 saturated carbocycles. The molecule has 0 spiro atoms. The van der Waals surface area contributed by atoms with Gasteiger partial charge in [-0.15, -0.1) is 23.5 Å². The van der Waals surface area contributed by atoms with Gasteiger partial charge in [-0.1, -0.05) is 48.5 Å². The molecule has 8 rings (SSSR count). The normalized spacial score (nSPS) is 28.2. The van der Waals surface area contributed by atoms with Gasteiger partial charge in [-0.3, -0.25) is 28.9 Å². The van der Waals surface area contributed by atoms with Gasteiger partial charge in [-0.05, 0) is 151 Å². The summed E-state index contributed by atoms with van der Waals surface area (Å²) < 4.78 is 5.38. The number of rotatable bonds is 7. The predicted octanol–water partition coefficient (Wildman–Crippen LogP) is 6.12. The van der Waals surface area contributed by atoms with Crippen LogP contribution in [0.5, 0.6) is 0 Å². The highest BCUT2D eigenvalue weighted by Crippen LogP contribution is 2.37. The van der Waals surface area contributed by atoms with Crippen LogP contribution in [0.3, 0.4) is 0 Å². The maximum Gasteiger partial charge on any atom is 0.410 e. The van der Waals surface area contributed by atoms with E-state index in [1.165, 1.54) is 28.6 Å². The number of piperidine rings is 2. The summed E-state index contributed by atoms with van der Waals surface area (Å²) >= 11 is 3.45. The van der Waals surface area contributed by atoms with Crippen molar-refractivity contribution in [3.63, 3.8) is 0 Å². The van der Waals surface area contributed by atoms with Crippen molar-refractivity contribution in [2.75, 3.05) is 18.6 Å². The van der Waals surface area contributed by atoms with Gasteiger partial charge < -0.3 is 36.2 Å². The van der Waals surface area contributed by atoms with Crippen LogP contribution in [0.2, 0.25) is 0 Å². The maximum absolute atomic E-state index is 13.8. The zero-order chi connectivity index (χ0) is 46.4. The summed E-state index contributed by atoms with van der Waals surface area (Å²) in [4.78, 5) is 83.8. The van der Waals surface area contributed by atoms with Crippen LogP contribution < -0.4 is 21.7 Å². The number of nitrogens with two attached hydrogens (primary N) is 1. The van der Waals surface area contributed by atoms with Crippen LogP contribution in [0, 0.1) is 0 Å². The number of nitrogens with one attached hydrogen (secondary N) is 3. The number of carbonyl (C=O) groups is 6. The number of hydrogen-bond acceptors (Lipinski definition) is 10. The topological polar surface area (TPSA) is 183 Å². The van der Waals surface area contributed by atoms with Crippen LogP contribution in [0.15, 0.2) is 48.5 Å². The van der Waals surface area contributed by atoms with Gasteiger partial charge in [0.25, 0.3) is 0 Å². The Bertz CT molecular complexity index is 2070. The maximum atomic E-state index is 13.8. The smallest absolute Gasteiger partial charge is 0.410 e. The zero-order valence-corrected chi connectivity index (χ0v) is 40.4. The minimum Gasteiger partial charge on any atom is -0.444 e. The average molecular weight is 932 g/mol. The van der Waals surface area contributed by atoms with Gasteiger partial charge in [0, 0.05) is 7.05 Å². The Kier molecular flexibility index (Phi) is 16.1. The Morgan fingerprint density at radius 1 is 0.677 bits per heavy atom.